The Morgan fingerprint density at radius 2 is 1.88 bits per heavy atom. The van der Waals surface area contributed by atoms with Gasteiger partial charge in [-0.25, -0.2) is 8.78 Å². The van der Waals surface area contributed by atoms with Gasteiger partial charge in [-0.05, 0) is 12.1 Å². The summed E-state index contributed by atoms with van der Waals surface area (Å²) in [6.45, 7) is 0. The van der Waals surface area contributed by atoms with Crippen LogP contribution in [0.15, 0.2) is 18.2 Å². The van der Waals surface area contributed by atoms with E-state index in [-0.39, 0.29) is 22.4 Å². The maximum Gasteiger partial charge on any atom is 0.191 e. The Kier molecular flexibility index (Phi) is 4.24. The van der Waals surface area contributed by atoms with Crippen molar-refractivity contribution in [3.05, 3.63) is 35.4 Å². The van der Waals surface area contributed by atoms with Crippen LogP contribution in [-0.4, -0.2) is 11.1 Å². The zero-order chi connectivity index (χ0) is 12.1. The molecule has 1 rings (SSSR count). The van der Waals surface area contributed by atoms with E-state index < -0.39 is 11.6 Å². The fourth-order valence-electron chi connectivity index (χ4n) is 0.973. The summed E-state index contributed by atoms with van der Waals surface area (Å²) in [6, 6.07) is 3.58. The summed E-state index contributed by atoms with van der Waals surface area (Å²) in [7, 11) is 0. The lowest BCUT2D eigenvalue weighted by Gasteiger charge is -2.06. The van der Waals surface area contributed by atoms with Crippen LogP contribution in [0.4, 0.5) is 8.78 Å². The Balaban J connectivity index is 2.61. The Morgan fingerprint density at radius 3 is 2.38 bits per heavy atom. The van der Waals surface area contributed by atoms with Gasteiger partial charge < -0.3 is 11.1 Å². The monoisotopic (exact) mass is 244 g/mol. The van der Waals surface area contributed by atoms with E-state index >= 15 is 0 Å². The molecule has 7 heteroatoms. The molecule has 0 atom stereocenters. The van der Waals surface area contributed by atoms with Gasteiger partial charge in [0.25, 0.3) is 0 Å². The van der Waals surface area contributed by atoms with Crippen molar-refractivity contribution < 1.29 is 8.78 Å². The van der Waals surface area contributed by atoms with Crippen LogP contribution in [0, 0.1) is 22.5 Å². The predicted molar refractivity (Wildman–Crippen MR) is 60.4 cm³/mol. The number of nitrogens with one attached hydrogen (secondary N) is 3. The van der Waals surface area contributed by atoms with Crippen molar-refractivity contribution in [2.24, 2.45) is 5.73 Å². The highest BCUT2D eigenvalue weighted by atomic mass is 32.2. The third-order valence-electron chi connectivity index (χ3n) is 1.67. The largest absolute Gasteiger partial charge is 0.370 e. The Hall–Kier alpha value is -1.63. The minimum absolute atomic E-state index is 0.0301. The minimum Gasteiger partial charge on any atom is -0.370 e. The molecule has 0 aliphatic carbocycles. The van der Waals surface area contributed by atoms with Gasteiger partial charge >= 0.3 is 0 Å². The van der Waals surface area contributed by atoms with Crippen molar-refractivity contribution in [2.45, 2.75) is 5.75 Å². The molecule has 0 spiro atoms. The van der Waals surface area contributed by atoms with Gasteiger partial charge in [-0.1, -0.05) is 17.8 Å². The molecule has 0 unspecified atom stereocenters. The molecule has 0 aliphatic rings. The first-order valence-electron chi connectivity index (χ1n) is 4.26. The van der Waals surface area contributed by atoms with Crippen LogP contribution < -0.4 is 11.1 Å². The maximum atomic E-state index is 13.2. The van der Waals surface area contributed by atoms with E-state index in [0.29, 0.717) is 0 Å². The third kappa shape index (κ3) is 3.50. The van der Waals surface area contributed by atoms with Gasteiger partial charge in [0.2, 0.25) is 0 Å². The molecule has 1 aromatic rings. The average Bonchev–Trinajstić information content (AvgIpc) is 2.15. The summed E-state index contributed by atoms with van der Waals surface area (Å²) in [5, 5.41) is 16.2. The Labute approximate surface area is 95.2 Å². The number of thioether (sulfide) groups is 1. The van der Waals surface area contributed by atoms with Crippen LogP contribution in [0.25, 0.3) is 0 Å². The molecule has 0 amide bonds. The molecule has 86 valence electrons. The van der Waals surface area contributed by atoms with Crippen LogP contribution in [0.5, 0.6) is 0 Å². The second kappa shape index (κ2) is 5.45. The van der Waals surface area contributed by atoms with Crippen molar-refractivity contribution in [3.63, 3.8) is 0 Å². The SMILES string of the molecule is N=C(N)NC(=N)SCc1c(F)cccc1F. The number of benzene rings is 1. The van der Waals surface area contributed by atoms with Gasteiger partial charge in [0.05, 0.1) is 0 Å². The Bertz CT molecular complexity index is 402. The number of halogens is 2. The highest BCUT2D eigenvalue weighted by Crippen LogP contribution is 2.18. The molecule has 5 N–H and O–H groups in total. The molecule has 0 aromatic heterocycles. The van der Waals surface area contributed by atoms with E-state index in [0.717, 1.165) is 23.9 Å². The molecule has 0 bridgehead atoms. The van der Waals surface area contributed by atoms with E-state index in [1.54, 1.807) is 0 Å². The molecule has 0 aliphatic heterocycles. The Morgan fingerprint density at radius 1 is 1.31 bits per heavy atom. The third-order valence-corrected chi connectivity index (χ3v) is 2.49. The first-order valence-corrected chi connectivity index (χ1v) is 5.24. The fourth-order valence-corrected chi connectivity index (χ4v) is 1.72. The molecule has 0 heterocycles. The van der Waals surface area contributed by atoms with E-state index in [2.05, 4.69) is 5.32 Å². The lowest BCUT2D eigenvalue weighted by molar-refractivity contribution is 0.566. The molecule has 0 radical (unpaired) electrons. The number of guanidine groups is 1. The average molecular weight is 244 g/mol. The number of rotatable bonds is 2. The summed E-state index contributed by atoms with van der Waals surface area (Å²) in [4.78, 5) is 0. The van der Waals surface area contributed by atoms with E-state index in [9.17, 15) is 8.78 Å². The van der Waals surface area contributed by atoms with E-state index in [4.69, 9.17) is 16.6 Å². The van der Waals surface area contributed by atoms with Gasteiger partial charge in [-0.15, -0.1) is 0 Å². The van der Waals surface area contributed by atoms with Crippen molar-refractivity contribution >= 4 is 22.9 Å². The van der Waals surface area contributed by atoms with Crippen LogP contribution >= 0.6 is 11.8 Å². The van der Waals surface area contributed by atoms with Crippen LogP contribution in [-0.2, 0) is 5.75 Å². The highest BCUT2D eigenvalue weighted by Gasteiger charge is 2.09. The molecule has 4 nitrogen and oxygen atoms in total. The second-order valence-electron chi connectivity index (χ2n) is 2.86. The molecular formula is C9H10F2N4S. The second-order valence-corrected chi connectivity index (χ2v) is 3.84. The number of hydrogen-bond acceptors (Lipinski definition) is 3. The minimum atomic E-state index is -0.650. The first-order chi connectivity index (χ1) is 7.50. The smallest absolute Gasteiger partial charge is 0.191 e. The van der Waals surface area contributed by atoms with E-state index in [1.165, 1.54) is 6.07 Å². The van der Waals surface area contributed by atoms with Crippen molar-refractivity contribution in [1.82, 2.24) is 5.32 Å². The lowest BCUT2D eigenvalue weighted by atomic mass is 10.2. The summed E-state index contributed by atoms with van der Waals surface area (Å²) in [5.41, 5.74) is 4.90. The first kappa shape index (κ1) is 12.4. The standard InChI is InChI=1S/C9H10F2N4S/c10-6-2-1-3-7(11)5(6)4-16-9(14)15-8(12)13/h1-3H,4H2,(H5,12,13,14,15). The lowest BCUT2D eigenvalue weighted by Crippen LogP contribution is -2.33. The van der Waals surface area contributed by atoms with Crippen LogP contribution in [0.1, 0.15) is 5.56 Å². The molecule has 16 heavy (non-hydrogen) atoms. The van der Waals surface area contributed by atoms with Crippen molar-refractivity contribution in [1.29, 1.82) is 10.8 Å². The van der Waals surface area contributed by atoms with E-state index in [1.807, 2.05) is 0 Å². The van der Waals surface area contributed by atoms with Crippen LogP contribution in [0.3, 0.4) is 0 Å². The number of hydrogen-bond donors (Lipinski definition) is 4. The number of amidine groups is 1. The summed E-state index contributed by atoms with van der Waals surface area (Å²) in [6.07, 6.45) is 0. The quantitative estimate of drug-likeness (QED) is 0.471. The van der Waals surface area contributed by atoms with Gasteiger partial charge in [0, 0.05) is 11.3 Å². The molecule has 0 saturated heterocycles. The van der Waals surface area contributed by atoms with Gasteiger partial charge in [0.1, 0.15) is 11.6 Å². The summed E-state index contributed by atoms with van der Waals surface area (Å²) < 4.78 is 26.3. The molecular weight excluding hydrogens is 234 g/mol. The number of nitrogens with two attached hydrogens (primary N) is 1. The molecule has 1 aromatic carbocycles. The fraction of sp³-hybridized carbons (Fsp3) is 0.111. The zero-order valence-electron chi connectivity index (χ0n) is 8.18. The molecule has 0 fully saturated rings. The van der Waals surface area contributed by atoms with Crippen molar-refractivity contribution in [3.8, 4) is 0 Å². The van der Waals surface area contributed by atoms with Gasteiger partial charge in [-0.2, -0.15) is 0 Å². The van der Waals surface area contributed by atoms with Crippen LogP contribution in [0.2, 0.25) is 0 Å². The topological polar surface area (TPSA) is 85.8 Å². The van der Waals surface area contributed by atoms with Gasteiger partial charge in [0.15, 0.2) is 11.1 Å². The van der Waals surface area contributed by atoms with Crippen molar-refractivity contribution in [2.75, 3.05) is 0 Å². The maximum absolute atomic E-state index is 13.2. The summed E-state index contributed by atoms with van der Waals surface area (Å²) >= 11 is 0.858. The summed E-state index contributed by atoms with van der Waals surface area (Å²) in [5.74, 6) is -1.71. The predicted octanol–water partition coefficient (Wildman–Crippen LogP) is 1.62. The van der Waals surface area contributed by atoms with Gasteiger partial charge in [-0.3, -0.25) is 10.8 Å². The normalized spacial score (nSPS) is 9.88. The highest BCUT2D eigenvalue weighted by molar-refractivity contribution is 8.13. The zero-order valence-corrected chi connectivity index (χ0v) is 9.00. The molecule has 0 saturated carbocycles.